The maximum Gasteiger partial charge on any atom is 0.0549 e. The molecule has 0 spiro atoms. The van der Waals surface area contributed by atoms with Crippen molar-refractivity contribution < 1.29 is 5.11 Å². The molecule has 0 radical (unpaired) electrons. The Morgan fingerprint density at radius 3 is 2.89 bits per heavy atom. The number of aliphatic hydroxyl groups is 1. The van der Waals surface area contributed by atoms with Crippen LogP contribution in [-0.4, -0.2) is 17.8 Å². The molecule has 1 aromatic carbocycles. The average molecular weight is 266 g/mol. The van der Waals surface area contributed by atoms with Crippen molar-refractivity contribution in [2.45, 2.75) is 37.2 Å². The van der Waals surface area contributed by atoms with Gasteiger partial charge in [-0.3, -0.25) is 0 Å². The van der Waals surface area contributed by atoms with E-state index >= 15 is 0 Å². The van der Waals surface area contributed by atoms with E-state index in [1.807, 2.05) is 12.1 Å². The number of hydrogen-bond acceptors (Lipinski definition) is 2. The van der Waals surface area contributed by atoms with Crippen molar-refractivity contribution in [3.63, 3.8) is 0 Å². The summed E-state index contributed by atoms with van der Waals surface area (Å²) in [5.41, 5.74) is 7.93. The van der Waals surface area contributed by atoms with Crippen LogP contribution in [0.4, 0.5) is 0 Å². The normalized spacial score (nSPS) is 28.1. The lowest BCUT2D eigenvalue weighted by Crippen LogP contribution is -2.41. The highest BCUT2D eigenvalue weighted by molar-refractivity contribution is 6.32. The Bertz CT molecular complexity index is 446. The van der Waals surface area contributed by atoms with Crippen molar-refractivity contribution in [2.24, 2.45) is 5.73 Å². The van der Waals surface area contributed by atoms with Crippen LogP contribution in [0.25, 0.3) is 6.08 Å². The van der Waals surface area contributed by atoms with Gasteiger partial charge in [-0.05, 0) is 42.9 Å². The van der Waals surface area contributed by atoms with Crippen molar-refractivity contribution in [3.8, 4) is 0 Å². The van der Waals surface area contributed by atoms with Crippen molar-refractivity contribution >= 4 is 17.7 Å². The van der Waals surface area contributed by atoms with Gasteiger partial charge in [-0.1, -0.05) is 36.4 Å². The highest BCUT2D eigenvalue weighted by Crippen LogP contribution is 2.40. The van der Waals surface area contributed by atoms with Crippen LogP contribution in [0.2, 0.25) is 5.02 Å². The fraction of sp³-hybridized carbons (Fsp3) is 0.467. The van der Waals surface area contributed by atoms with E-state index in [0.29, 0.717) is 11.6 Å². The minimum Gasteiger partial charge on any atom is -0.393 e. The Morgan fingerprint density at radius 2 is 2.33 bits per heavy atom. The first-order chi connectivity index (χ1) is 8.61. The van der Waals surface area contributed by atoms with Gasteiger partial charge in [0.25, 0.3) is 0 Å². The second kappa shape index (κ2) is 5.43. The van der Waals surface area contributed by atoms with Gasteiger partial charge < -0.3 is 10.8 Å². The summed E-state index contributed by atoms with van der Waals surface area (Å²) in [6.07, 6.45) is 5.13. The van der Waals surface area contributed by atoms with Crippen LogP contribution in [-0.2, 0) is 5.41 Å². The van der Waals surface area contributed by atoms with E-state index in [0.717, 1.165) is 36.8 Å². The molecule has 0 heterocycles. The average Bonchev–Trinajstić information content (AvgIpc) is 2.38. The molecule has 2 rings (SSSR count). The third-order valence-corrected chi connectivity index (χ3v) is 4.37. The van der Waals surface area contributed by atoms with Crippen molar-refractivity contribution in [3.05, 3.63) is 40.9 Å². The first kappa shape index (κ1) is 13.6. The predicted molar refractivity (Wildman–Crippen MR) is 76.8 cm³/mol. The number of nitrogens with two attached hydrogens (primary N) is 1. The molecule has 3 heteroatoms. The molecular weight excluding hydrogens is 246 g/mol. The van der Waals surface area contributed by atoms with Gasteiger partial charge in [0.1, 0.15) is 0 Å². The molecule has 2 unspecified atom stereocenters. The van der Waals surface area contributed by atoms with E-state index in [1.165, 1.54) is 0 Å². The van der Waals surface area contributed by atoms with Gasteiger partial charge in [-0.15, -0.1) is 0 Å². The Labute approximate surface area is 113 Å². The molecule has 18 heavy (non-hydrogen) atoms. The van der Waals surface area contributed by atoms with Crippen LogP contribution in [0.15, 0.2) is 24.8 Å². The molecule has 0 bridgehead atoms. The summed E-state index contributed by atoms with van der Waals surface area (Å²) >= 11 is 6.23. The lowest BCUT2D eigenvalue weighted by molar-refractivity contribution is 0.0871. The van der Waals surface area contributed by atoms with Crippen molar-refractivity contribution in [1.29, 1.82) is 0 Å². The van der Waals surface area contributed by atoms with Gasteiger partial charge in [0, 0.05) is 17.0 Å². The Morgan fingerprint density at radius 1 is 1.56 bits per heavy atom. The van der Waals surface area contributed by atoms with Crippen LogP contribution >= 0.6 is 11.6 Å². The molecule has 2 atom stereocenters. The molecular formula is C15H20ClNO. The third-order valence-electron chi connectivity index (χ3n) is 4.04. The number of hydrogen-bond donors (Lipinski definition) is 2. The SMILES string of the molecule is C=Cc1ccc(C2(CN)CCCC(O)C2)cc1Cl. The van der Waals surface area contributed by atoms with Crippen LogP contribution in [0, 0.1) is 0 Å². The van der Waals surface area contributed by atoms with Gasteiger partial charge in [0.2, 0.25) is 0 Å². The van der Waals surface area contributed by atoms with E-state index < -0.39 is 0 Å². The molecule has 0 amide bonds. The van der Waals surface area contributed by atoms with E-state index in [-0.39, 0.29) is 11.5 Å². The number of rotatable bonds is 3. The summed E-state index contributed by atoms with van der Waals surface area (Å²) in [4.78, 5) is 0. The van der Waals surface area contributed by atoms with Gasteiger partial charge in [-0.2, -0.15) is 0 Å². The molecule has 1 aliphatic rings. The highest BCUT2D eigenvalue weighted by Gasteiger charge is 2.36. The first-order valence-corrected chi connectivity index (χ1v) is 6.80. The summed E-state index contributed by atoms with van der Waals surface area (Å²) in [6, 6.07) is 6.01. The minimum absolute atomic E-state index is 0.124. The van der Waals surface area contributed by atoms with Crippen LogP contribution in [0.5, 0.6) is 0 Å². The Hall–Kier alpha value is -0.830. The van der Waals surface area contributed by atoms with Crippen molar-refractivity contribution in [2.75, 3.05) is 6.54 Å². The van der Waals surface area contributed by atoms with Crippen molar-refractivity contribution in [1.82, 2.24) is 0 Å². The first-order valence-electron chi connectivity index (χ1n) is 6.42. The van der Waals surface area contributed by atoms with E-state index in [9.17, 15) is 5.11 Å². The molecule has 3 N–H and O–H groups in total. The number of benzene rings is 1. The largest absolute Gasteiger partial charge is 0.393 e. The maximum absolute atomic E-state index is 9.90. The van der Waals surface area contributed by atoms with Crippen LogP contribution in [0.3, 0.4) is 0 Å². The molecule has 0 saturated heterocycles. The minimum atomic E-state index is -0.250. The van der Waals surface area contributed by atoms with Gasteiger partial charge in [0.05, 0.1) is 6.10 Å². The van der Waals surface area contributed by atoms with Crippen LogP contribution in [0.1, 0.15) is 36.8 Å². The predicted octanol–water partition coefficient (Wildman–Crippen LogP) is 3.11. The standard InChI is InChI=1S/C15H20ClNO/c1-2-11-5-6-12(8-14(11)16)15(10-17)7-3-4-13(18)9-15/h2,5-6,8,13,18H,1,3-4,7,9-10,17H2. The Kier molecular flexibility index (Phi) is 4.10. The van der Waals surface area contributed by atoms with Gasteiger partial charge in [-0.25, -0.2) is 0 Å². The fourth-order valence-corrected chi connectivity index (χ4v) is 3.18. The highest BCUT2D eigenvalue weighted by atomic mass is 35.5. The molecule has 0 aliphatic heterocycles. The zero-order valence-corrected chi connectivity index (χ0v) is 11.3. The lowest BCUT2D eigenvalue weighted by atomic mass is 9.68. The van der Waals surface area contributed by atoms with Gasteiger partial charge >= 0.3 is 0 Å². The maximum atomic E-state index is 9.90. The summed E-state index contributed by atoms with van der Waals surface area (Å²) in [5, 5.41) is 10.6. The zero-order chi connectivity index (χ0) is 13.2. The molecule has 1 saturated carbocycles. The quantitative estimate of drug-likeness (QED) is 0.882. The Balaban J connectivity index is 2.37. The monoisotopic (exact) mass is 265 g/mol. The summed E-state index contributed by atoms with van der Waals surface area (Å²) in [7, 11) is 0. The summed E-state index contributed by atoms with van der Waals surface area (Å²) in [5.74, 6) is 0. The second-order valence-electron chi connectivity index (χ2n) is 5.18. The smallest absolute Gasteiger partial charge is 0.0549 e. The molecule has 2 nitrogen and oxygen atoms in total. The number of halogens is 1. The third kappa shape index (κ3) is 2.46. The van der Waals surface area contributed by atoms with E-state index in [2.05, 4.69) is 12.6 Å². The molecule has 98 valence electrons. The molecule has 1 aromatic rings. The summed E-state index contributed by atoms with van der Waals surface area (Å²) in [6.45, 7) is 4.28. The van der Waals surface area contributed by atoms with Crippen LogP contribution < -0.4 is 5.73 Å². The fourth-order valence-electron chi connectivity index (χ4n) is 2.92. The second-order valence-corrected chi connectivity index (χ2v) is 5.58. The zero-order valence-electron chi connectivity index (χ0n) is 10.5. The molecule has 1 fully saturated rings. The molecule has 0 aromatic heterocycles. The molecule has 1 aliphatic carbocycles. The van der Waals surface area contributed by atoms with E-state index in [4.69, 9.17) is 17.3 Å². The topological polar surface area (TPSA) is 46.2 Å². The lowest BCUT2D eigenvalue weighted by Gasteiger charge is -2.39. The number of aliphatic hydroxyl groups excluding tert-OH is 1. The van der Waals surface area contributed by atoms with E-state index in [1.54, 1.807) is 6.08 Å². The van der Waals surface area contributed by atoms with Gasteiger partial charge in [0.15, 0.2) is 0 Å². The summed E-state index contributed by atoms with van der Waals surface area (Å²) < 4.78 is 0.